The summed E-state index contributed by atoms with van der Waals surface area (Å²) < 4.78 is 24.5. The average Bonchev–Trinajstić information content (AvgIpc) is 2.38. The molecule has 0 aliphatic rings. The minimum Gasteiger partial charge on any atom is -0.398 e. The first-order valence-corrected chi connectivity index (χ1v) is 8.33. The second-order valence-electron chi connectivity index (χ2n) is 4.88. The molecule has 0 heterocycles. The van der Waals surface area contributed by atoms with Crippen LogP contribution < -0.4 is 11.1 Å². The highest BCUT2D eigenvalue weighted by Crippen LogP contribution is 2.20. The number of nitrogen functional groups attached to an aromatic ring is 1. The third kappa shape index (κ3) is 4.23. The zero-order chi connectivity index (χ0) is 15.3. The first-order valence-electron chi connectivity index (χ1n) is 6.68. The maximum absolute atomic E-state index is 12.2. The van der Waals surface area contributed by atoms with Crippen LogP contribution in [0.5, 0.6) is 0 Å². The Kier molecular flexibility index (Phi) is 5.56. The summed E-state index contributed by atoms with van der Waals surface area (Å²) in [5.74, 6) is -1.06. The van der Waals surface area contributed by atoms with E-state index in [-0.39, 0.29) is 16.6 Å². The highest BCUT2D eigenvalue weighted by atomic mass is 32.2. The largest absolute Gasteiger partial charge is 0.398 e. The van der Waals surface area contributed by atoms with E-state index < -0.39 is 21.5 Å². The van der Waals surface area contributed by atoms with Crippen LogP contribution in [0.4, 0.5) is 5.69 Å². The molecule has 0 radical (unpaired) electrons. The summed E-state index contributed by atoms with van der Waals surface area (Å²) in [6.07, 6.45) is 1.55. The van der Waals surface area contributed by atoms with Gasteiger partial charge in [-0.25, -0.2) is 8.42 Å². The van der Waals surface area contributed by atoms with Crippen LogP contribution in [0.25, 0.3) is 0 Å². The van der Waals surface area contributed by atoms with Gasteiger partial charge in [0, 0.05) is 6.04 Å². The zero-order valence-electron chi connectivity index (χ0n) is 12.1. The van der Waals surface area contributed by atoms with Crippen molar-refractivity contribution in [1.82, 2.24) is 5.32 Å². The fourth-order valence-corrected chi connectivity index (χ4v) is 3.30. The van der Waals surface area contributed by atoms with Crippen LogP contribution in [-0.4, -0.2) is 26.1 Å². The van der Waals surface area contributed by atoms with Gasteiger partial charge in [0.25, 0.3) is 0 Å². The van der Waals surface area contributed by atoms with Gasteiger partial charge in [-0.1, -0.05) is 19.9 Å². The normalized spacial score (nSPS) is 11.6. The van der Waals surface area contributed by atoms with Crippen LogP contribution in [0.1, 0.15) is 32.3 Å². The predicted molar refractivity (Wildman–Crippen MR) is 80.2 cm³/mol. The molecule has 1 aromatic carbocycles. The molecule has 0 aliphatic heterocycles. The standard InChI is InChI=1S/C14H22N2O3S/c1-4-11(5-2)16-14(17)9-20(18,19)13-8-10(3)6-7-12(13)15/h6-8,11H,4-5,9,15H2,1-3H3,(H,16,17). The van der Waals surface area contributed by atoms with Crippen LogP contribution in [0.3, 0.4) is 0 Å². The number of hydrogen-bond donors (Lipinski definition) is 2. The molecule has 6 heteroatoms. The lowest BCUT2D eigenvalue weighted by Crippen LogP contribution is -2.37. The first-order chi connectivity index (χ1) is 9.30. The molecule has 0 saturated carbocycles. The third-order valence-corrected chi connectivity index (χ3v) is 4.84. The van der Waals surface area contributed by atoms with Gasteiger partial charge in [0.1, 0.15) is 5.75 Å². The summed E-state index contributed by atoms with van der Waals surface area (Å²) >= 11 is 0. The quantitative estimate of drug-likeness (QED) is 0.782. The van der Waals surface area contributed by atoms with E-state index in [1.54, 1.807) is 19.1 Å². The average molecular weight is 298 g/mol. The number of nitrogens with two attached hydrogens (primary N) is 1. The van der Waals surface area contributed by atoms with E-state index in [9.17, 15) is 13.2 Å². The molecule has 0 unspecified atom stereocenters. The molecule has 0 spiro atoms. The molecule has 1 aromatic rings. The Hall–Kier alpha value is -1.56. The summed E-state index contributed by atoms with van der Waals surface area (Å²) in [4.78, 5) is 11.9. The van der Waals surface area contributed by atoms with Crippen LogP contribution in [0.15, 0.2) is 23.1 Å². The van der Waals surface area contributed by atoms with Gasteiger partial charge in [-0.15, -0.1) is 0 Å². The van der Waals surface area contributed by atoms with Gasteiger partial charge in [-0.3, -0.25) is 4.79 Å². The van der Waals surface area contributed by atoms with E-state index in [4.69, 9.17) is 5.73 Å². The van der Waals surface area contributed by atoms with Crippen molar-refractivity contribution in [3.63, 3.8) is 0 Å². The molecule has 0 fully saturated rings. The lowest BCUT2D eigenvalue weighted by Gasteiger charge is -2.15. The number of anilines is 1. The smallest absolute Gasteiger partial charge is 0.235 e. The molecular weight excluding hydrogens is 276 g/mol. The Morgan fingerprint density at radius 1 is 1.30 bits per heavy atom. The number of carbonyl (C=O) groups is 1. The number of benzene rings is 1. The lowest BCUT2D eigenvalue weighted by atomic mass is 10.2. The van der Waals surface area contributed by atoms with E-state index in [2.05, 4.69) is 5.32 Å². The van der Waals surface area contributed by atoms with Crippen molar-refractivity contribution in [2.75, 3.05) is 11.5 Å². The van der Waals surface area contributed by atoms with E-state index in [0.717, 1.165) is 18.4 Å². The van der Waals surface area contributed by atoms with Gasteiger partial charge in [-0.2, -0.15) is 0 Å². The number of carbonyl (C=O) groups excluding carboxylic acids is 1. The summed E-state index contributed by atoms with van der Waals surface area (Å²) in [5, 5.41) is 2.72. The van der Waals surface area contributed by atoms with Crippen LogP contribution in [0, 0.1) is 6.92 Å². The van der Waals surface area contributed by atoms with Crippen molar-refractivity contribution < 1.29 is 13.2 Å². The van der Waals surface area contributed by atoms with Crippen molar-refractivity contribution >= 4 is 21.4 Å². The summed E-state index contributed by atoms with van der Waals surface area (Å²) in [6.45, 7) is 5.67. The fourth-order valence-electron chi connectivity index (χ4n) is 1.92. The molecule has 1 amide bonds. The van der Waals surface area contributed by atoms with Crippen molar-refractivity contribution in [3.05, 3.63) is 23.8 Å². The highest BCUT2D eigenvalue weighted by molar-refractivity contribution is 7.92. The molecule has 112 valence electrons. The minimum absolute atomic E-state index is 0.00700. The molecule has 0 atom stereocenters. The van der Waals surface area contributed by atoms with Gasteiger partial charge in [0.2, 0.25) is 5.91 Å². The Morgan fingerprint density at radius 2 is 1.90 bits per heavy atom. The van der Waals surface area contributed by atoms with Crippen molar-refractivity contribution in [3.8, 4) is 0 Å². The van der Waals surface area contributed by atoms with Crippen LogP contribution in [-0.2, 0) is 14.6 Å². The Balaban J connectivity index is 2.90. The number of amides is 1. The second-order valence-corrected chi connectivity index (χ2v) is 6.84. The predicted octanol–water partition coefficient (Wildman–Crippen LogP) is 1.66. The van der Waals surface area contributed by atoms with Gasteiger partial charge in [0.05, 0.1) is 10.6 Å². The van der Waals surface area contributed by atoms with Gasteiger partial charge in [-0.05, 0) is 37.5 Å². The van der Waals surface area contributed by atoms with E-state index >= 15 is 0 Å². The molecule has 0 saturated heterocycles. The Labute approximate surface area is 120 Å². The molecule has 20 heavy (non-hydrogen) atoms. The highest BCUT2D eigenvalue weighted by Gasteiger charge is 2.22. The number of aryl methyl sites for hydroxylation is 1. The lowest BCUT2D eigenvalue weighted by molar-refractivity contribution is -0.119. The van der Waals surface area contributed by atoms with Crippen molar-refractivity contribution in [2.24, 2.45) is 0 Å². The molecule has 5 nitrogen and oxygen atoms in total. The fraction of sp³-hybridized carbons (Fsp3) is 0.500. The van der Waals surface area contributed by atoms with E-state index in [1.807, 2.05) is 13.8 Å². The maximum atomic E-state index is 12.2. The molecule has 0 aliphatic carbocycles. The summed E-state index contributed by atoms with van der Waals surface area (Å²) in [7, 11) is -3.71. The third-order valence-electron chi connectivity index (χ3n) is 3.18. The second kappa shape index (κ2) is 6.74. The number of nitrogens with one attached hydrogen (secondary N) is 1. The molecule has 1 rings (SSSR count). The summed E-state index contributed by atoms with van der Waals surface area (Å²) in [5.41, 5.74) is 6.66. The van der Waals surface area contributed by atoms with Gasteiger partial charge in [0.15, 0.2) is 9.84 Å². The molecule has 0 bridgehead atoms. The topological polar surface area (TPSA) is 89.3 Å². The molecule has 0 aromatic heterocycles. The van der Waals surface area contributed by atoms with Crippen LogP contribution in [0.2, 0.25) is 0 Å². The Bertz CT molecular complexity index is 578. The van der Waals surface area contributed by atoms with Crippen molar-refractivity contribution in [1.29, 1.82) is 0 Å². The molecule has 3 N–H and O–H groups in total. The molecular formula is C14H22N2O3S. The van der Waals surface area contributed by atoms with E-state index in [0.29, 0.717) is 0 Å². The van der Waals surface area contributed by atoms with E-state index in [1.165, 1.54) is 6.07 Å². The van der Waals surface area contributed by atoms with Crippen LogP contribution >= 0.6 is 0 Å². The number of hydrogen-bond acceptors (Lipinski definition) is 4. The van der Waals surface area contributed by atoms with Gasteiger partial charge < -0.3 is 11.1 Å². The summed E-state index contributed by atoms with van der Waals surface area (Å²) in [6, 6.07) is 4.78. The SMILES string of the molecule is CCC(CC)NC(=O)CS(=O)(=O)c1cc(C)ccc1N. The number of rotatable bonds is 6. The van der Waals surface area contributed by atoms with Gasteiger partial charge >= 0.3 is 0 Å². The minimum atomic E-state index is -3.71. The first kappa shape index (κ1) is 16.5. The zero-order valence-corrected chi connectivity index (χ0v) is 13.0. The monoisotopic (exact) mass is 298 g/mol. The van der Waals surface area contributed by atoms with Crippen molar-refractivity contribution in [2.45, 2.75) is 44.6 Å². The maximum Gasteiger partial charge on any atom is 0.235 e. The Morgan fingerprint density at radius 3 is 2.45 bits per heavy atom. The number of sulfone groups is 1.